The Morgan fingerprint density at radius 2 is 1.88 bits per heavy atom. The van der Waals surface area contributed by atoms with Crippen molar-refractivity contribution in [1.29, 1.82) is 0 Å². The lowest BCUT2D eigenvalue weighted by atomic mass is 9.88. The highest BCUT2D eigenvalue weighted by molar-refractivity contribution is 7.10. The van der Waals surface area contributed by atoms with Crippen LogP contribution in [0.1, 0.15) is 34.1 Å². The fourth-order valence-electron chi connectivity index (χ4n) is 3.85. The van der Waals surface area contributed by atoms with Gasteiger partial charge in [0.15, 0.2) is 0 Å². The van der Waals surface area contributed by atoms with Gasteiger partial charge in [-0.1, -0.05) is 6.92 Å². The van der Waals surface area contributed by atoms with Gasteiger partial charge in [0.1, 0.15) is 5.82 Å². The third-order valence-corrected chi connectivity index (χ3v) is 6.44. The summed E-state index contributed by atoms with van der Waals surface area (Å²) in [6.45, 7) is 5.31. The van der Waals surface area contributed by atoms with Crippen LogP contribution in [0.25, 0.3) is 0 Å². The summed E-state index contributed by atoms with van der Waals surface area (Å²) in [5.41, 5.74) is 3.26. The molecule has 1 aromatic heterocycles. The van der Waals surface area contributed by atoms with Gasteiger partial charge < -0.3 is 9.80 Å². The minimum atomic E-state index is -0.214. The molecule has 3 nitrogen and oxygen atoms in total. The molecule has 0 radical (unpaired) electrons. The standard InChI is InChI=1S/C20H23FN2OS/c1-14-2-7-17-18(13-25-19(17)12-14)20(24)23-10-8-22(9-11-23)16-5-3-15(21)4-6-16/h3-6,13-14H,2,7-12H2,1H3. The van der Waals surface area contributed by atoms with Crippen LogP contribution < -0.4 is 4.90 Å². The first-order valence-corrected chi connectivity index (χ1v) is 9.89. The second-order valence-corrected chi connectivity index (χ2v) is 8.12. The van der Waals surface area contributed by atoms with E-state index >= 15 is 0 Å². The van der Waals surface area contributed by atoms with Crippen molar-refractivity contribution < 1.29 is 9.18 Å². The highest BCUT2D eigenvalue weighted by Gasteiger charge is 2.28. The number of hydrogen-bond donors (Lipinski definition) is 0. The third-order valence-electron chi connectivity index (χ3n) is 5.39. The van der Waals surface area contributed by atoms with Crippen molar-refractivity contribution in [2.75, 3.05) is 31.1 Å². The molecule has 132 valence electrons. The Balaban J connectivity index is 1.43. The van der Waals surface area contributed by atoms with Gasteiger partial charge in [-0.3, -0.25) is 4.79 Å². The van der Waals surface area contributed by atoms with E-state index in [1.54, 1.807) is 11.3 Å². The molecule has 1 fully saturated rings. The number of carbonyl (C=O) groups is 1. The molecule has 0 spiro atoms. The summed E-state index contributed by atoms with van der Waals surface area (Å²) in [7, 11) is 0. The first kappa shape index (κ1) is 16.6. The fourth-order valence-corrected chi connectivity index (χ4v) is 5.08. The highest BCUT2D eigenvalue weighted by atomic mass is 32.1. The minimum Gasteiger partial charge on any atom is -0.368 e. The summed E-state index contributed by atoms with van der Waals surface area (Å²) in [6.07, 6.45) is 3.34. The average molecular weight is 358 g/mol. The maximum Gasteiger partial charge on any atom is 0.255 e. The summed E-state index contributed by atoms with van der Waals surface area (Å²) in [4.78, 5) is 18.6. The lowest BCUT2D eigenvalue weighted by molar-refractivity contribution is 0.0746. The van der Waals surface area contributed by atoms with Crippen LogP contribution in [0.4, 0.5) is 10.1 Å². The fraction of sp³-hybridized carbons (Fsp3) is 0.450. The molecule has 1 aliphatic heterocycles. The largest absolute Gasteiger partial charge is 0.368 e. The van der Waals surface area contributed by atoms with Crippen LogP contribution in [-0.2, 0) is 12.8 Å². The van der Waals surface area contributed by atoms with Gasteiger partial charge in [0.05, 0.1) is 5.56 Å². The predicted molar refractivity (Wildman–Crippen MR) is 100 cm³/mol. The summed E-state index contributed by atoms with van der Waals surface area (Å²) in [5, 5.41) is 2.07. The number of anilines is 1. The Labute approximate surface area is 152 Å². The van der Waals surface area contributed by atoms with Gasteiger partial charge >= 0.3 is 0 Å². The Kier molecular flexibility index (Phi) is 4.50. The molecule has 1 aliphatic carbocycles. The average Bonchev–Trinajstić information content (AvgIpc) is 3.05. The van der Waals surface area contributed by atoms with E-state index in [4.69, 9.17) is 0 Å². The molecule has 2 aromatic rings. The normalized spacial score (nSPS) is 20.5. The second kappa shape index (κ2) is 6.79. The molecule has 1 atom stereocenters. The van der Waals surface area contributed by atoms with Gasteiger partial charge in [0.25, 0.3) is 5.91 Å². The SMILES string of the molecule is CC1CCc2c(C(=O)N3CCN(c4ccc(F)cc4)CC3)csc2C1. The molecule has 1 saturated heterocycles. The van der Waals surface area contributed by atoms with Crippen molar-refractivity contribution in [3.05, 3.63) is 51.5 Å². The van der Waals surface area contributed by atoms with E-state index in [-0.39, 0.29) is 11.7 Å². The molecule has 2 aliphatic rings. The van der Waals surface area contributed by atoms with E-state index in [2.05, 4.69) is 17.2 Å². The van der Waals surface area contributed by atoms with Crippen molar-refractivity contribution in [2.24, 2.45) is 5.92 Å². The molecular weight excluding hydrogens is 335 g/mol. The summed E-state index contributed by atoms with van der Waals surface area (Å²) >= 11 is 1.75. The molecular formula is C20H23FN2OS. The Morgan fingerprint density at radius 1 is 1.16 bits per heavy atom. The summed E-state index contributed by atoms with van der Waals surface area (Å²) < 4.78 is 13.1. The van der Waals surface area contributed by atoms with Crippen molar-refractivity contribution in [1.82, 2.24) is 4.90 Å². The van der Waals surface area contributed by atoms with Crippen LogP contribution in [0.3, 0.4) is 0 Å². The number of piperazine rings is 1. The minimum absolute atomic E-state index is 0.186. The third kappa shape index (κ3) is 3.30. The Bertz CT molecular complexity index is 763. The topological polar surface area (TPSA) is 23.6 Å². The summed E-state index contributed by atoms with van der Waals surface area (Å²) in [5.74, 6) is 0.702. The van der Waals surface area contributed by atoms with Gasteiger partial charge in [-0.25, -0.2) is 4.39 Å². The number of benzene rings is 1. The molecule has 1 aromatic carbocycles. The van der Waals surface area contributed by atoms with Crippen molar-refractivity contribution in [3.63, 3.8) is 0 Å². The Morgan fingerprint density at radius 3 is 2.60 bits per heavy atom. The van der Waals surface area contributed by atoms with E-state index in [9.17, 15) is 9.18 Å². The van der Waals surface area contributed by atoms with Crippen LogP contribution in [0.15, 0.2) is 29.6 Å². The molecule has 0 N–H and O–H groups in total. The number of nitrogens with zero attached hydrogens (tertiary/aromatic N) is 2. The molecule has 5 heteroatoms. The van der Waals surface area contributed by atoms with Crippen molar-refractivity contribution in [2.45, 2.75) is 26.2 Å². The monoisotopic (exact) mass is 358 g/mol. The first-order chi connectivity index (χ1) is 12.1. The van der Waals surface area contributed by atoms with Crippen LogP contribution in [0.2, 0.25) is 0 Å². The number of hydrogen-bond acceptors (Lipinski definition) is 3. The zero-order valence-electron chi connectivity index (χ0n) is 14.5. The second-order valence-electron chi connectivity index (χ2n) is 7.15. The Hall–Kier alpha value is -1.88. The zero-order valence-corrected chi connectivity index (χ0v) is 15.3. The van der Waals surface area contributed by atoms with E-state index in [0.717, 1.165) is 56.2 Å². The molecule has 0 saturated carbocycles. The number of amides is 1. The number of rotatable bonds is 2. The predicted octanol–water partition coefficient (Wildman–Crippen LogP) is 3.97. The molecule has 0 bridgehead atoms. The summed E-state index contributed by atoms with van der Waals surface area (Å²) in [6, 6.07) is 6.60. The van der Waals surface area contributed by atoms with Crippen molar-refractivity contribution in [3.8, 4) is 0 Å². The number of halogens is 1. The number of fused-ring (bicyclic) bond motifs is 1. The van der Waals surface area contributed by atoms with Gasteiger partial charge in [-0.05, 0) is 55.0 Å². The molecule has 1 unspecified atom stereocenters. The lowest BCUT2D eigenvalue weighted by Crippen LogP contribution is -2.49. The van der Waals surface area contributed by atoms with Crippen LogP contribution in [-0.4, -0.2) is 37.0 Å². The number of thiophene rings is 1. The molecule has 1 amide bonds. The molecule has 2 heterocycles. The zero-order chi connectivity index (χ0) is 17.4. The smallest absolute Gasteiger partial charge is 0.255 e. The van der Waals surface area contributed by atoms with E-state index < -0.39 is 0 Å². The van der Waals surface area contributed by atoms with Crippen LogP contribution in [0, 0.1) is 11.7 Å². The van der Waals surface area contributed by atoms with Gasteiger partial charge in [-0.2, -0.15) is 0 Å². The number of carbonyl (C=O) groups excluding carboxylic acids is 1. The highest BCUT2D eigenvalue weighted by Crippen LogP contribution is 2.33. The van der Waals surface area contributed by atoms with E-state index in [1.807, 2.05) is 17.0 Å². The lowest BCUT2D eigenvalue weighted by Gasteiger charge is -2.36. The van der Waals surface area contributed by atoms with Gasteiger partial charge in [0.2, 0.25) is 0 Å². The van der Waals surface area contributed by atoms with Crippen LogP contribution in [0.5, 0.6) is 0 Å². The molecule has 25 heavy (non-hydrogen) atoms. The van der Waals surface area contributed by atoms with Gasteiger partial charge in [0, 0.05) is 42.1 Å². The van der Waals surface area contributed by atoms with Crippen molar-refractivity contribution >= 4 is 22.9 Å². The van der Waals surface area contributed by atoms with E-state index in [1.165, 1.54) is 29.0 Å². The van der Waals surface area contributed by atoms with Crippen LogP contribution >= 0.6 is 11.3 Å². The maximum absolute atomic E-state index is 13.1. The molecule has 4 rings (SSSR count). The quantitative estimate of drug-likeness (QED) is 0.811. The van der Waals surface area contributed by atoms with Gasteiger partial charge in [-0.15, -0.1) is 11.3 Å². The first-order valence-electron chi connectivity index (χ1n) is 9.01. The maximum atomic E-state index is 13.1. The van der Waals surface area contributed by atoms with E-state index in [0.29, 0.717) is 0 Å².